The molecule has 0 aromatic rings. The van der Waals surface area contributed by atoms with Gasteiger partial charge in [0.2, 0.25) is 11.6 Å². The topological polar surface area (TPSA) is 257 Å². The monoisotopic (exact) mass is 356 g/mol. The van der Waals surface area contributed by atoms with Crippen molar-refractivity contribution in [2.75, 3.05) is 0 Å². The van der Waals surface area contributed by atoms with Gasteiger partial charge in [0.1, 0.15) is 42.5 Å². The second-order valence-corrected chi connectivity index (χ2v) is 4.90. The van der Waals surface area contributed by atoms with Crippen LogP contribution in [-0.2, 0) is 9.59 Å². The summed E-state index contributed by atoms with van der Waals surface area (Å²) in [6.07, 6.45) is -13.1. The fourth-order valence-corrected chi connectivity index (χ4v) is 1.53. The number of hydrogen-bond acceptors (Lipinski definition) is 13. The quantitative estimate of drug-likeness (QED) is 0.128. The lowest BCUT2D eigenvalue weighted by molar-refractivity contribution is -0.158. The highest BCUT2D eigenvalue weighted by Crippen LogP contribution is 2.10. The van der Waals surface area contributed by atoms with Crippen molar-refractivity contribution in [3.8, 4) is 0 Å². The van der Waals surface area contributed by atoms with Crippen LogP contribution in [0.1, 0.15) is 0 Å². The highest BCUT2D eigenvalue weighted by molar-refractivity contribution is 6.44. The zero-order valence-electron chi connectivity index (χ0n) is 11.9. The molecule has 13 nitrogen and oxygen atoms in total. The molecule has 0 aliphatic carbocycles. The van der Waals surface area contributed by atoms with Crippen LogP contribution in [0.25, 0.3) is 0 Å². The van der Waals surface area contributed by atoms with Gasteiger partial charge in [-0.2, -0.15) is 0 Å². The Bertz CT molecular complexity index is 432. The van der Waals surface area contributed by atoms with Crippen LogP contribution in [0, 0.1) is 0 Å². The first-order valence-electron chi connectivity index (χ1n) is 6.41. The lowest BCUT2D eigenvalue weighted by atomic mass is 9.75. The number of rotatable bonds is 10. The Hall–Kier alpha value is -0.970. The van der Waals surface area contributed by atoms with Crippen LogP contribution in [0.4, 0.5) is 0 Å². The predicted octanol–water partition coefficient (Wildman–Crippen LogP) is -8.33. The Labute approximate surface area is 135 Å². The molecule has 0 heterocycles. The van der Waals surface area contributed by atoms with Gasteiger partial charge in [0.15, 0.2) is 0 Å². The van der Waals surface area contributed by atoms with E-state index >= 15 is 0 Å². The molecule has 0 spiro atoms. The summed E-state index contributed by atoms with van der Waals surface area (Å²) in [6, 6.07) is -4.87. The fourth-order valence-electron chi connectivity index (χ4n) is 1.53. The van der Waals surface area contributed by atoms with Gasteiger partial charge in [-0.15, -0.1) is 0 Å². The molecule has 7 unspecified atom stereocenters. The van der Waals surface area contributed by atoms with Crippen LogP contribution in [0.2, 0.25) is 0 Å². The Morgan fingerprint density at radius 3 is 1.17 bits per heavy atom. The molecule has 0 bridgehead atoms. The molecule has 24 heavy (non-hydrogen) atoms. The number of aliphatic hydroxyl groups excluding tert-OH is 7. The Morgan fingerprint density at radius 2 is 0.833 bits per heavy atom. The van der Waals surface area contributed by atoms with Gasteiger partial charge in [0, 0.05) is 0 Å². The molecular weight excluding hydrogens is 338 g/mol. The minimum absolute atomic E-state index is 1.97. The molecule has 0 saturated carbocycles. The van der Waals surface area contributed by atoms with E-state index in [4.69, 9.17) is 30.3 Å². The number of carbonyl (C=O) groups excluding carboxylic acids is 2. The second kappa shape index (κ2) is 9.50. The van der Waals surface area contributed by atoms with Crippen molar-refractivity contribution in [2.24, 2.45) is 0 Å². The molecule has 0 aliphatic heterocycles. The van der Waals surface area contributed by atoms with E-state index in [1.54, 1.807) is 0 Å². The summed E-state index contributed by atoms with van der Waals surface area (Å²) in [5, 5.41) is 99.3. The molecule has 138 valence electrons. The Morgan fingerprint density at radius 1 is 0.542 bits per heavy atom. The minimum Gasteiger partial charge on any atom is -0.425 e. The second-order valence-electron chi connectivity index (χ2n) is 4.90. The molecular formula is C9H18B2O13. The zero-order valence-corrected chi connectivity index (χ0v) is 11.9. The van der Waals surface area contributed by atoms with Crippen molar-refractivity contribution in [3.63, 3.8) is 0 Å². The average Bonchev–Trinajstić information content (AvgIpc) is 2.55. The smallest absolute Gasteiger partial charge is 0.425 e. The van der Waals surface area contributed by atoms with Crippen LogP contribution < -0.4 is 0 Å². The van der Waals surface area contributed by atoms with E-state index in [2.05, 4.69) is 0 Å². The first-order valence-corrected chi connectivity index (χ1v) is 6.41. The van der Waals surface area contributed by atoms with E-state index in [0.29, 0.717) is 0 Å². The standard InChI is InChI=1S/C9H18B2O13/c12-1(2(13)4(15)6(17)8(19)10(21)22)3(14)5(16)7(18)9(20)11(23)24/h2,4-9,13,15-24H. The number of ketones is 2. The van der Waals surface area contributed by atoms with Crippen molar-refractivity contribution in [1.29, 1.82) is 0 Å². The lowest BCUT2D eigenvalue weighted by Crippen LogP contribution is -2.56. The van der Waals surface area contributed by atoms with Gasteiger partial charge in [-0.3, -0.25) is 9.59 Å². The molecule has 0 fully saturated rings. The molecule has 0 aromatic heterocycles. The van der Waals surface area contributed by atoms with Crippen LogP contribution in [0.3, 0.4) is 0 Å². The van der Waals surface area contributed by atoms with Gasteiger partial charge in [-0.25, -0.2) is 0 Å². The maximum atomic E-state index is 11.6. The van der Waals surface area contributed by atoms with Crippen molar-refractivity contribution in [3.05, 3.63) is 0 Å². The Balaban J connectivity index is 5.03. The predicted molar refractivity (Wildman–Crippen MR) is 72.4 cm³/mol. The van der Waals surface area contributed by atoms with Gasteiger partial charge in [0.25, 0.3) is 0 Å². The zero-order chi connectivity index (χ0) is 19.4. The largest absolute Gasteiger partial charge is 0.485 e. The van der Waals surface area contributed by atoms with Gasteiger partial charge < -0.3 is 55.8 Å². The summed E-state index contributed by atoms with van der Waals surface area (Å²) < 4.78 is 0. The van der Waals surface area contributed by atoms with E-state index < -0.39 is 68.3 Å². The van der Waals surface area contributed by atoms with Crippen molar-refractivity contribution in [2.45, 2.75) is 42.5 Å². The van der Waals surface area contributed by atoms with Gasteiger partial charge in [0.05, 0.1) is 0 Å². The van der Waals surface area contributed by atoms with Crippen molar-refractivity contribution < 1.29 is 65.4 Å². The molecule has 0 aromatic carbocycles. The Kier molecular flexibility index (Phi) is 9.11. The van der Waals surface area contributed by atoms with E-state index in [1.807, 2.05) is 0 Å². The van der Waals surface area contributed by atoms with E-state index in [1.165, 1.54) is 0 Å². The molecule has 0 radical (unpaired) electrons. The van der Waals surface area contributed by atoms with Crippen LogP contribution in [0.15, 0.2) is 0 Å². The van der Waals surface area contributed by atoms with Crippen LogP contribution in [-0.4, -0.2) is 124 Å². The molecule has 0 saturated heterocycles. The maximum Gasteiger partial charge on any atom is 0.485 e. The van der Waals surface area contributed by atoms with E-state index in [0.717, 1.165) is 0 Å². The van der Waals surface area contributed by atoms with Crippen LogP contribution in [0.5, 0.6) is 0 Å². The van der Waals surface area contributed by atoms with E-state index in [9.17, 15) is 35.1 Å². The minimum atomic E-state index is -2.75. The molecule has 15 heteroatoms. The summed E-state index contributed by atoms with van der Waals surface area (Å²) in [7, 11) is -5.13. The summed E-state index contributed by atoms with van der Waals surface area (Å²) >= 11 is 0. The third-order valence-corrected chi connectivity index (χ3v) is 3.09. The number of Topliss-reactive ketones (excluding diaryl/α,β-unsaturated/α-hetero) is 2. The van der Waals surface area contributed by atoms with Gasteiger partial charge in [-0.1, -0.05) is 0 Å². The molecule has 0 amide bonds. The van der Waals surface area contributed by atoms with Crippen molar-refractivity contribution in [1.82, 2.24) is 0 Å². The molecule has 0 rings (SSSR count). The number of aliphatic hydroxyl groups is 7. The van der Waals surface area contributed by atoms with E-state index in [-0.39, 0.29) is 0 Å². The third kappa shape index (κ3) is 5.54. The SMILES string of the molecule is O=C(C(=O)C(O)C(O)C(O)C(O)B(O)O)C(O)C(O)C(O)B(O)O. The van der Waals surface area contributed by atoms with Crippen molar-refractivity contribution >= 4 is 25.8 Å². The first-order chi connectivity index (χ1) is 10.8. The van der Waals surface area contributed by atoms with Crippen LogP contribution >= 0.6 is 0 Å². The molecule has 11 N–H and O–H groups in total. The van der Waals surface area contributed by atoms with Gasteiger partial charge >= 0.3 is 14.2 Å². The maximum absolute atomic E-state index is 11.6. The summed E-state index contributed by atoms with van der Waals surface area (Å²) in [5.41, 5.74) is 0. The lowest BCUT2D eigenvalue weighted by Gasteiger charge is -2.26. The summed E-state index contributed by atoms with van der Waals surface area (Å²) in [5.74, 6) is -3.95. The molecule has 0 aliphatic rings. The molecule has 7 atom stereocenters. The highest BCUT2D eigenvalue weighted by Gasteiger charge is 2.44. The fraction of sp³-hybridized carbons (Fsp3) is 0.778. The third-order valence-electron chi connectivity index (χ3n) is 3.09. The summed E-state index contributed by atoms with van der Waals surface area (Å²) in [4.78, 5) is 23.1. The normalized spacial score (nSPS) is 20.3. The number of carbonyl (C=O) groups is 2. The highest BCUT2D eigenvalue weighted by atomic mass is 16.4. The summed E-state index contributed by atoms with van der Waals surface area (Å²) in [6.45, 7) is 0. The number of hydrogen-bond donors (Lipinski definition) is 11. The van der Waals surface area contributed by atoms with Gasteiger partial charge in [-0.05, 0) is 0 Å². The first kappa shape index (κ1) is 23.0. The average molecular weight is 356 g/mol.